The molecule has 0 saturated carbocycles. The molecule has 90 valence electrons. The van der Waals surface area contributed by atoms with Gasteiger partial charge in [0.2, 0.25) is 11.8 Å². The average molecular weight is 232 g/mol. The van der Waals surface area contributed by atoms with E-state index < -0.39 is 0 Å². The molecule has 2 amide bonds. The summed E-state index contributed by atoms with van der Waals surface area (Å²) in [5.41, 5.74) is 1.18. The highest BCUT2D eigenvalue weighted by Gasteiger charge is 2.30. The number of benzene rings is 1. The normalized spacial score (nSPS) is 20.3. The lowest BCUT2D eigenvalue weighted by Gasteiger charge is -2.32. The molecule has 1 fully saturated rings. The van der Waals surface area contributed by atoms with Crippen molar-refractivity contribution in [3.8, 4) is 0 Å². The fourth-order valence-corrected chi connectivity index (χ4v) is 1.98. The van der Waals surface area contributed by atoms with Crippen molar-refractivity contribution < 1.29 is 9.59 Å². The summed E-state index contributed by atoms with van der Waals surface area (Å²) in [6.07, 6.45) is 0.782. The molecular formula is C13H16N2O2. The summed E-state index contributed by atoms with van der Waals surface area (Å²) in [5.74, 6) is -0.0781. The maximum atomic E-state index is 11.7. The van der Waals surface area contributed by atoms with Gasteiger partial charge < -0.3 is 10.2 Å². The molecule has 0 spiro atoms. The van der Waals surface area contributed by atoms with Crippen molar-refractivity contribution in [1.29, 1.82) is 0 Å². The summed E-state index contributed by atoms with van der Waals surface area (Å²) in [5, 5.41) is 2.58. The molecule has 1 unspecified atom stereocenters. The summed E-state index contributed by atoms with van der Waals surface area (Å²) >= 11 is 0. The number of nitrogens with zero attached hydrogens (tertiary/aromatic N) is 1. The van der Waals surface area contributed by atoms with E-state index in [1.54, 1.807) is 11.8 Å². The van der Waals surface area contributed by atoms with Crippen LogP contribution in [0.3, 0.4) is 0 Å². The molecule has 2 rings (SSSR count). The lowest BCUT2D eigenvalue weighted by atomic mass is 10.1. The van der Waals surface area contributed by atoms with Gasteiger partial charge in [-0.1, -0.05) is 30.3 Å². The Balaban J connectivity index is 1.98. The van der Waals surface area contributed by atoms with E-state index in [1.165, 1.54) is 5.56 Å². The predicted octanol–water partition coefficient (Wildman–Crippen LogP) is 0.576. The molecule has 1 aromatic rings. The van der Waals surface area contributed by atoms with E-state index in [2.05, 4.69) is 5.32 Å². The Morgan fingerprint density at radius 3 is 2.71 bits per heavy atom. The van der Waals surface area contributed by atoms with E-state index >= 15 is 0 Å². The van der Waals surface area contributed by atoms with Crippen LogP contribution in [0.5, 0.6) is 0 Å². The first-order valence-electron chi connectivity index (χ1n) is 5.79. The molecule has 4 heteroatoms. The molecule has 17 heavy (non-hydrogen) atoms. The minimum absolute atomic E-state index is 0.00645. The smallest absolute Gasteiger partial charge is 0.242 e. The number of hydrogen-bond acceptors (Lipinski definition) is 2. The van der Waals surface area contributed by atoms with Gasteiger partial charge in [-0.2, -0.15) is 0 Å². The molecule has 1 aliphatic rings. The average Bonchev–Trinajstić information content (AvgIpc) is 2.35. The van der Waals surface area contributed by atoms with E-state index in [1.807, 2.05) is 30.3 Å². The quantitative estimate of drug-likeness (QED) is 0.828. The van der Waals surface area contributed by atoms with Crippen LogP contribution in [0.25, 0.3) is 0 Å². The molecule has 1 N–H and O–H groups in total. The summed E-state index contributed by atoms with van der Waals surface area (Å²) in [4.78, 5) is 24.8. The van der Waals surface area contributed by atoms with Gasteiger partial charge >= 0.3 is 0 Å². The highest BCUT2D eigenvalue weighted by atomic mass is 16.2. The summed E-state index contributed by atoms with van der Waals surface area (Å²) in [6, 6.07) is 9.61. The van der Waals surface area contributed by atoms with E-state index in [-0.39, 0.29) is 24.4 Å². The maximum Gasteiger partial charge on any atom is 0.242 e. The molecule has 4 nitrogen and oxygen atoms in total. The van der Waals surface area contributed by atoms with Gasteiger partial charge in [-0.15, -0.1) is 0 Å². The SMILES string of the molecule is CC1C(=O)NCC(=O)N1CCc1ccccc1. The topological polar surface area (TPSA) is 49.4 Å². The fourth-order valence-electron chi connectivity index (χ4n) is 1.98. The van der Waals surface area contributed by atoms with E-state index in [4.69, 9.17) is 0 Å². The Kier molecular flexibility index (Phi) is 3.42. The molecule has 1 atom stereocenters. The lowest BCUT2D eigenvalue weighted by Crippen LogP contribution is -2.57. The zero-order valence-corrected chi connectivity index (χ0v) is 9.85. The molecule has 1 aromatic carbocycles. The van der Waals surface area contributed by atoms with Crippen molar-refractivity contribution in [3.05, 3.63) is 35.9 Å². The van der Waals surface area contributed by atoms with Gasteiger partial charge in [0.05, 0.1) is 6.54 Å². The van der Waals surface area contributed by atoms with Crippen LogP contribution in [0.15, 0.2) is 30.3 Å². The van der Waals surface area contributed by atoms with E-state index in [0.717, 1.165) is 6.42 Å². The summed E-state index contributed by atoms with van der Waals surface area (Å²) in [6.45, 7) is 2.48. The van der Waals surface area contributed by atoms with Crippen LogP contribution >= 0.6 is 0 Å². The molecule has 0 bridgehead atoms. The monoisotopic (exact) mass is 232 g/mol. The Labute approximate surface area is 101 Å². The lowest BCUT2D eigenvalue weighted by molar-refractivity contribution is -0.144. The number of piperazine rings is 1. The van der Waals surface area contributed by atoms with Gasteiger partial charge in [0.25, 0.3) is 0 Å². The van der Waals surface area contributed by atoms with Crippen molar-refractivity contribution >= 4 is 11.8 Å². The van der Waals surface area contributed by atoms with Crippen LogP contribution in [0.2, 0.25) is 0 Å². The number of carbonyl (C=O) groups excluding carboxylic acids is 2. The fraction of sp³-hybridized carbons (Fsp3) is 0.385. The predicted molar refractivity (Wildman–Crippen MR) is 64.3 cm³/mol. The molecular weight excluding hydrogens is 216 g/mol. The molecule has 0 radical (unpaired) electrons. The first-order chi connectivity index (χ1) is 8.18. The third kappa shape index (κ3) is 2.64. The van der Waals surface area contributed by atoms with Gasteiger partial charge in [-0.25, -0.2) is 0 Å². The largest absolute Gasteiger partial charge is 0.345 e. The minimum atomic E-state index is -0.361. The highest BCUT2D eigenvalue weighted by Crippen LogP contribution is 2.08. The van der Waals surface area contributed by atoms with Gasteiger partial charge in [-0.3, -0.25) is 9.59 Å². The van der Waals surface area contributed by atoms with Crippen LogP contribution in [0, 0.1) is 0 Å². The number of hydrogen-bond donors (Lipinski definition) is 1. The summed E-state index contributed by atoms with van der Waals surface area (Å²) in [7, 11) is 0. The zero-order chi connectivity index (χ0) is 12.3. The highest BCUT2D eigenvalue weighted by molar-refractivity contribution is 5.94. The Bertz CT molecular complexity index is 417. The third-order valence-electron chi connectivity index (χ3n) is 3.07. The standard InChI is InChI=1S/C13H16N2O2/c1-10-13(17)14-9-12(16)15(10)8-7-11-5-3-2-4-6-11/h2-6,10H,7-9H2,1H3,(H,14,17). The van der Waals surface area contributed by atoms with Gasteiger partial charge in [0.15, 0.2) is 0 Å². The van der Waals surface area contributed by atoms with Crippen molar-refractivity contribution in [2.24, 2.45) is 0 Å². The zero-order valence-electron chi connectivity index (χ0n) is 9.85. The summed E-state index contributed by atoms with van der Waals surface area (Å²) < 4.78 is 0. The van der Waals surface area contributed by atoms with Crippen LogP contribution in [-0.2, 0) is 16.0 Å². The Hall–Kier alpha value is -1.84. The van der Waals surface area contributed by atoms with Crippen molar-refractivity contribution in [2.45, 2.75) is 19.4 Å². The maximum absolute atomic E-state index is 11.7. The third-order valence-corrected chi connectivity index (χ3v) is 3.07. The van der Waals surface area contributed by atoms with Crippen molar-refractivity contribution in [1.82, 2.24) is 10.2 Å². The van der Waals surface area contributed by atoms with E-state index in [9.17, 15) is 9.59 Å². The van der Waals surface area contributed by atoms with Gasteiger partial charge in [-0.05, 0) is 18.9 Å². The van der Waals surface area contributed by atoms with E-state index in [0.29, 0.717) is 6.54 Å². The second-order valence-electron chi connectivity index (χ2n) is 4.22. The van der Waals surface area contributed by atoms with Crippen molar-refractivity contribution in [3.63, 3.8) is 0 Å². The number of nitrogens with one attached hydrogen (secondary N) is 1. The van der Waals surface area contributed by atoms with Crippen LogP contribution in [0.1, 0.15) is 12.5 Å². The van der Waals surface area contributed by atoms with Gasteiger partial charge in [0.1, 0.15) is 6.04 Å². The first kappa shape index (κ1) is 11.6. The molecule has 1 saturated heterocycles. The van der Waals surface area contributed by atoms with Gasteiger partial charge in [0, 0.05) is 6.54 Å². The van der Waals surface area contributed by atoms with Crippen LogP contribution in [-0.4, -0.2) is 35.8 Å². The molecule has 0 aromatic heterocycles. The minimum Gasteiger partial charge on any atom is -0.345 e. The Morgan fingerprint density at radius 2 is 2.00 bits per heavy atom. The molecule has 0 aliphatic carbocycles. The first-order valence-corrected chi connectivity index (χ1v) is 5.79. The number of amides is 2. The second-order valence-corrected chi connectivity index (χ2v) is 4.22. The number of rotatable bonds is 3. The second kappa shape index (κ2) is 4.99. The van der Waals surface area contributed by atoms with Crippen molar-refractivity contribution in [2.75, 3.05) is 13.1 Å². The van der Waals surface area contributed by atoms with Crippen LogP contribution in [0.4, 0.5) is 0 Å². The molecule has 1 heterocycles. The number of carbonyl (C=O) groups is 2. The molecule has 1 aliphatic heterocycles. The van der Waals surface area contributed by atoms with Crippen LogP contribution < -0.4 is 5.32 Å². The Morgan fingerprint density at radius 1 is 1.29 bits per heavy atom.